The average molecular weight is 242 g/mol. The summed E-state index contributed by atoms with van der Waals surface area (Å²) in [6, 6.07) is 0.412. The fourth-order valence-electron chi connectivity index (χ4n) is 1.21. The molecule has 0 bridgehead atoms. The largest absolute Gasteiger partial charge is 0.461 e. The molecule has 0 aromatic carbocycles. The van der Waals surface area contributed by atoms with Crippen LogP contribution in [0.1, 0.15) is 41.1 Å². The Morgan fingerprint density at radius 1 is 1.56 bits per heavy atom. The van der Waals surface area contributed by atoms with Gasteiger partial charge in [-0.25, -0.2) is 9.78 Å². The summed E-state index contributed by atoms with van der Waals surface area (Å²) in [6.45, 7) is 8.92. The van der Waals surface area contributed by atoms with Gasteiger partial charge in [-0.2, -0.15) is 0 Å². The predicted molar refractivity (Wildman–Crippen MR) is 64.8 cm³/mol. The van der Waals surface area contributed by atoms with Crippen molar-refractivity contribution < 1.29 is 9.53 Å². The first-order chi connectivity index (χ1) is 7.54. The molecular formula is C11H18N2O2S. The summed E-state index contributed by atoms with van der Waals surface area (Å²) in [4.78, 5) is 16.7. The van der Waals surface area contributed by atoms with Gasteiger partial charge in [-0.1, -0.05) is 13.8 Å². The van der Waals surface area contributed by atoms with Crippen molar-refractivity contribution in [2.45, 2.75) is 40.3 Å². The molecule has 1 N–H and O–H groups in total. The van der Waals surface area contributed by atoms with Crippen LogP contribution in [0, 0.1) is 6.92 Å². The Morgan fingerprint density at radius 3 is 2.81 bits per heavy atom. The van der Waals surface area contributed by atoms with Crippen LogP contribution < -0.4 is 5.32 Å². The van der Waals surface area contributed by atoms with Gasteiger partial charge in [0.05, 0.1) is 6.61 Å². The lowest BCUT2D eigenvalue weighted by molar-refractivity contribution is 0.0519. The minimum Gasteiger partial charge on any atom is -0.461 e. The molecule has 0 atom stereocenters. The lowest BCUT2D eigenvalue weighted by Crippen LogP contribution is -2.21. The summed E-state index contributed by atoms with van der Waals surface area (Å²) in [6.07, 6.45) is 0. The summed E-state index contributed by atoms with van der Waals surface area (Å²) in [5.41, 5.74) is 0.451. The van der Waals surface area contributed by atoms with E-state index in [0.717, 1.165) is 9.88 Å². The van der Waals surface area contributed by atoms with Gasteiger partial charge in [0, 0.05) is 17.5 Å². The molecule has 0 saturated heterocycles. The molecule has 16 heavy (non-hydrogen) atoms. The van der Waals surface area contributed by atoms with Crippen molar-refractivity contribution in [3.63, 3.8) is 0 Å². The second-order valence-corrected chi connectivity index (χ2v) is 5.06. The number of nitrogens with one attached hydrogen (secondary N) is 1. The molecule has 5 heteroatoms. The summed E-state index contributed by atoms with van der Waals surface area (Å²) in [5, 5.41) is 4.19. The minimum atomic E-state index is -0.327. The maximum atomic E-state index is 11.5. The van der Waals surface area contributed by atoms with E-state index in [2.05, 4.69) is 24.1 Å². The summed E-state index contributed by atoms with van der Waals surface area (Å²) in [5.74, 6) is -0.327. The monoisotopic (exact) mass is 242 g/mol. The van der Waals surface area contributed by atoms with Gasteiger partial charge in [-0.3, -0.25) is 0 Å². The zero-order valence-electron chi connectivity index (χ0n) is 10.2. The number of thiazole rings is 1. The molecule has 0 aliphatic rings. The molecule has 1 heterocycles. The van der Waals surface area contributed by atoms with E-state index in [1.165, 1.54) is 11.3 Å². The third kappa shape index (κ3) is 3.57. The number of hydrogen-bond donors (Lipinski definition) is 1. The standard InChI is InChI=1S/C11H18N2O2S/c1-5-15-11(14)10-8(4)16-9(13-10)6-12-7(2)3/h7,12H,5-6H2,1-4H3. The van der Waals surface area contributed by atoms with Crippen molar-refractivity contribution in [2.24, 2.45) is 0 Å². The van der Waals surface area contributed by atoms with Crippen LogP contribution in [0.4, 0.5) is 0 Å². The van der Waals surface area contributed by atoms with Gasteiger partial charge in [-0.15, -0.1) is 11.3 Å². The van der Waals surface area contributed by atoms with Crippen molar-refractivity contribution in [1.29, 1.82) is 0 Å². The molecule has 90 valence electrons. The third-order valence-corrected chi connectivity index (χ3v) is 2.94. The molecule has 4 nitrogen and oxygen atoms in total. The van der Waals surface area contributed by atoms with Crippen LogP contribution in [0.2, 0.25) is 0 Å². The first kappa shape index (κ1) is 13.1. The molecule has 1 aromatic rings. The van der Waals surface area contributed by atoms with Crippen LogP contribution in [0.3, 0.4) is 0 Å². The highest BCUT2D eigenvalue weighted by Gasteiger charge is 2.16. The Bertz CT molecular complexity index is 361. The van der Waals surface area contributed by atoms with E-state index in [1.807, 2.05) is 6.92 Å². The van der Waals surface area contributed by atoms with Gasteiger partial charge in [0.2, 0.25) is 0 Å². The Kier molecular flexibility index (Phi) is 4.89. The minimum absolute atomic E-state index is 0.327. The second-order valence-electron chi connectivity index (χ2n) is 3.77. The highest BCUT2D eigenvalue weighted by molar-refractivity contribution is 7.11. The van der Waals surface area contributed by atoms with E-state index < -0.39 is 0 Å². The van der Waals surface area contributed by atoms with E-state index in [0.29, 0.717) is 24.9 Å². The van der Waals surface area contributed by atoms with Crippen LogP contribution >= 0.6 is 11.3 Å². The Hall–Kier alpha value is -0.940. The molecule has 0 fully saturated rings. The zero-order chi connectivity index (χ0) is 12.1. The number of aromatic nitrogens is 1. The van der Waals surface area contributed by atoms with Gasteiger partial charge in [-0.05, 0) is 13.8 Å². The summed E-state index contributed by atoms with van der Waals surface area (Å²) >= 11 is 1.54. The molecular weight excluding hydrogens is 224 g/mol. The highest BCUT2D eigenvalue weighted by Crippen LogP contribution is 2.18. The number of hydrogen-bond acceptors (Lipinski definition) is 5. The van der Waals surface area contributed by atoms with Crippen molar-refractivity contribution in [3.8, 4) is 0 Å². The molecule has 0 amide bonds. The number of rotatable bonds is 5. The Morgan fingerprint density at radius 2 is 2.25 bits per heavy atom. The summed E-state index contributed by atoms with van der Waals surface area (Å²) < 4.78 is 4.93. The van der Waals surface area contributed by atoms with E-state index in [4.69, 9.17) is 4.74 Å². The zero-order valence-corrected chi connectivity index (χ0v) is 11.0. The molecule has 0 unspecified atom stereocenters. The lowest BCUT2D eigenvalue weighted by Gasteiger charge is -2.04. The predicted octanol–water partition coefficient (Wildman–Crippen LogP) is 2.13. The molecule has 0 spiro atoms. The van der Waals surface area contributed by atoms with Gasteiger partial charge in [0.1, 0.15) is 5.01 Å². The third-order valence-electron chi connectivity index (χ3n) is 1.97. The van der Waals surface area contributed by atoms with Gasteiger partial charge in [0.25, 0.3) is 0 Å². The first-order valence-electron chi connectivity index (χ1n) is 5.41. The molecule has 0 aliphatic heterocycles. The van der Waals surface area contributed by atoms with Crippen molar-refractivity contribution >= 4 is 17.3 Å². The summed E-state index contributed by atoms with van der Waals surface area (Å²) in [7, 11) is 0. The SMILES string of the molecule is CCOC(=O)c1nc(CNC(C)C)sc1C. The number of carbonyl (C=O) groups is 1. The first-order valence-corrected chi connectivity index (χ1v) is 6.23. The van der Waals surface area contributed by atoms with Crippen LogP contribution in [-0.4, -0.2) is 23.6 Å². The van der Waals surface area contributed by atoms with E-state index in [9.17, 15) is 4.79 Å². The van der Waals surface area contributed by atoms with E-state index in [-0.39, 0.29) is 5.97 Å². The fourth-order valence-corrected chi connectivity index (χ4v) is 2.08. The van der Waals surface area contributed by atoms with Crippen LogP contribution in [-0.2, 0) is 11.3 Å². The number of ether oxygens (including phenoxy) is 1. The Balaban J connectivity index is 2.69. The molecule has 0 radical (unpaired) electrons. The topological polar surface area (TPSA) is 51.2 Å². The van der Waals surface area contributed by atoms with Crippen LogP contribution in [0.25, 0.3) is 0 Å². The molecule has 0 aliphatic carbocycles. The number of esters is 1. The van der Waals surface area contributed by atoms with Crippen molar-refractivity contribution in [2.75, 3.05) is 6.61 Å². The van der Waals surface area contributed by atoms with E-state index in [1.54, 1.807) is 6.92 Å². The number of nitrogens with zero attached hydrogens (tertiary/aromatic N) is 1. The molecule has 0 saturated carbocycles. The van der Waals surface area contributed by atoms with Crippen molar-refractivity contribution in [3.05, 3.63) is 15.6 Å². The van der Waals surface area contributed by atoms with Crippen molar-refractivity contribution in [1.82, 2.24) is 10.3 Å². The second kappa shape index (κ2) is 5.96. The smallest absolute Gasteiger partial charge is 0.358 e. The Labute approximate surface area is 100 Å². The van der Waals surface area contributed by atoms with Gasteiger partial charge >= 0.3 is 5.97 Å². The maximum Gasteiger partial charge on any atom is 0.358 e. The average Bonchev–Trinajstić information content (AvgIpc) is 2.57. The highest BCUT2D eigenvalue weighted by atomic mass is 32.1. The normalized spacial score (nSPS) is 10.8. The molecule has 1 rings (SSSR count). The number of aryl methyl sites for hydroxylation is 1. The quantitative estimate of drug-likeness (QED) is 0.804. The van der Waals surface area contributed by atoms with Crippen LogP contribution in [0.15, 0.2) is 0 Å². The van der Waals surface area contributed by atoms with E-state index >= 15 is 0 Å². The fraction of sp³-hybridized carbons (Fsp3) is 0.636. The van der Waals surface area contributed by atoms with Gasteiger partial charge < -0.3 is 10.1 Å². The molecule has 1 aromatic heterocycles. The lowest BCUT2D eigenvalue weighted by atomic mass is 10.4. The number of carbonyl (C=O) groups excluding carboxylic acids is 1. The van der Waals surface area contributed by atoms with Crippen LogP contribution in [0.5, 0.6) is 0 Å². The maximum absolute atomic E-state index is 11.5. The van der Waals surface area contributed by atoms with Gasteiger partial charge in [0.15, 0.2) is 5.69 Å².